The highest BCUT2D eigenvalue weighted by Crippen LogP contribution is 2.30. The molecule has 1 aliphatic rings. The number of benzene rings is 1. The zero-order chi connectivity index (χ0) is 22.9. The molecular weight excluding hydrogens is 400 g/mol. The maximum atomic E-state index is 12.1. The molecule has 0 spiro atoms. The van der Waals surface area contributed by atoms with Crippen LogP contribution < -0.4 is 5.73 Å². The number of esters is 1. The van der Waals surface area contributed by atoms with E-state index in [0.717, 1.165) is 55.1 Å². The minimum atomic E-state index is -0.0608. The number of anilines is 1. The van der Waals surface area contributed by atoms with Crippen LogP contribution in [0.1, 0.15) is 51.8 Å². The lowest BCUT2D eigenvalue weighted by atomic mass is 9.86. The van der Waals surface area contributed by atoms with Gasteiger partial charge in [0, 0.05) is 24.0 Å². The summed E-state index contributed by atoms with van der Waals surface area (Å²) in [7, 11) is 0. The van der Waals surface area contributed by atoms with Crippen LogP contribution in [0.3, 0.4) is 0 Å². The van der Waals surface area contributed by atoms with E-state index in [0.29, 0.717) is 12.3 Å². The first-order valence-corrected chi connectivity index (χ1v) is 11.5. The Morgan fingerprint density at radius 2 is 1.81 bits per heavy atom. The molecular formula is C26H34N4O2. The Morgan fingerprint density at radius 1 is 1.12 bits per heavy atom. The molecule has 1 aliphatic heterocycles. The highest BCUT2D eigenvalue weighted by atomic mass is 16.5. The Morgan fingerprint density at radius 3 is 2.44 bits per heavy atom. The predicted octanol–water partition coefficient (Wildman–Crippen LogP) is 4.66. The van der Waals surface area contributed by atoms with E-state index in [2.05, 4.69) is 54.3 Å². The zero-order valence-electron chi connectivity index (χ0n) is 19.6. The summed E-state index contributed by atoms with van der Waals surface area (Å²) in [6, 6.07) is 12.6. The molecule has 32 heavy (non-hydrogen) atoms. The van der Waals surface area contributed by atoms with Crippen molar-refractivity contribution in [2.24, 2.45) is 5.92 Å². The van der Waals surface area contributed by atoms with Crippen molar-refractivity contribution in [3.8, 4) is 11.3 Å². The summed E-state index contributed by atoms with van der Waals surface area (Å²) in [5, 5.41) is 0. The SMILES string of the molecule is CCOC(=O)C1CCN(Cc2c(-c3ccc(C(C)(C)C)cc3)nc3ccc(N)cn23)CC1. The summed E-state index contributed by atoms with van der Waals surface area (Å²) >= 11 is 0. The molecule has 3 heterocycles. The summed E-state index contributed by atoms with van der Waals surface area (Å²) in [6.45, 7) is 11.5. The Balaban J connectivity index is 1.62. The highest BCUT2D eigenvalue weighted by Gasteiger charge is 2.27. The van der Waals surface area contributed by atoms with Gasteiger partial charge in [-0.25, -0.2) is 4.98 Å². The van der Waals surface area contributed by atoms with Crippen LogP contribution in [-0.4, -0.2) is 40.0 Å². The van der Waals surface area contributed by atoms with Gasteiger partial charge in [-0.3, -0.25) is 9.69 Å². The fourth-order valence-corrected chi connectivity index (χ4v) is 4.42. The fourth-order valence-electron chi connectivity index (χ4n) is 4.42. The molecule has 0 radical (unpaired) electrons. The normalized spacial score (nSPS) is 15.9. The molecule has 6 nitrogen and oxygen atoms in total. The first kappa shape index (κ1) is 22.3. The van der Waals surface area contributed by atoms with Gasteiger partial charge in [0.2, 0.25) is 0 Å². The van der Waals surface area contributed by atoms with Crippen molar-refractivity contribution < 1.29 is 9.53 Å². The average Bonchev–Trinajstić information content (AvgIpc) is 3.11. The third-order valence-electron chi connectivity index (χ3n) is 6.35. The van der Waals surface area contributed by atoms with Crippen LogP contribution in [0.5, 0.6) is 0 Å². The molecule has 0 atom stereocenters. The lowest BCUT2D eigenvalue weighted by Crippen LogP contribution is -2.36. The standard InChI is InChI=1S/C26H34N4O2/c1-5-32-25(31)19-12-14-29(15-13-19)17-22-24(28-23-11-10-21(27)16-30(22)23)18-6-8-20(9-7-18)26(2,3)4/h6-11,16,19H,5,12-15,17,27H2,1-4H3. The summed E-state index contributed by atoms with van der Waals surface area (Å²) in [5.74, 6) is -0.0530. The third-order valence-corrected chi connectivity index (χ3v) is 6.35. The van der Waals surface area contributed by atoms with Crippen LogP contribution in [0.4, 0.5) is 5.69 Å². The van der Waals surface area contributed by atoms with Gasteiger partial charge >= 0.3 is 5.97 Å². The average molecular weight is 435 g/mol. The van der Waals surface area contributed by atoms with E-state index in [1.54, 1.807) is 0 Å². The van der Waals surface area contributed by atoms with Crippen molar-refractivity contribution >= 4 is 17.3 Å². The first-order valence-electron chi connectivity index (χ1n) is 11.5. The summed E-state index contributed by atoms with van der Waals surface area (Å²) in [6.07, 6.45) is 3.61. The van der Waals surface area contributed by atoms with Gasteiger partial charge < -0.3 is 14.9 Å². The predicted molar refractivity (Wildman–Crippen MR) is 128 cm³/mol. The second-order valence-corrected chi connectivity index (χ2v) is 9.73. The van der Waals surface area contributed by atoms with E-state index in [1.165, 1.54) is 5.56 Å². The van der Waals surface area contributed by atoms with E-state index >= 15 is 0 Å². The molecule has 1 saturated heterocycles. The molecule has 0 unspecified atom stereocenters. The molecule has 6 heteroatoms. The third kappa shape index (κ3) is 4.65. The fraction of sp³-hybridized carbons (Fsp3) is 0.462. The maximum absolute atomic E-state index is 12.1. The van der Waals surface area contributed by atoms with Crippen LogP contribution >= 0.6 is 0 Å². The highest BCUT2D eigenvalue weighted by molar-refractivity contribution is 5.72. The van der Waals surface area contributed by atoms with E-state index in [9.17, 15) is 4.79 Å². The monoisotopic (exact) mass is 434 g/mol. The summed E-state index contributed by atoms with van der Waals surface area (Å²) in [5.41, 5.74) is 12.4. The van der Waals surface area contributed by atoms with Crippen LogP contribution in [0.25, 0.3) is 16.9 Å². The van der Waals surface area contributed by atoms with E-state index in [-0.39, 0.29) is 17.3 Å². The minimum Gasteiger partial charge on any atom is -0.466 e. The van der Waals surface area contributed by atoms with Crippen molar-refractivity contribution in [3.05, 3.63) is 53.9 Å². The molecule has 4 rings (SSSR count). The minimum absolute atomic E-state index is 0.00782. The zero-order valence-corrected chi connectivity index (χ0v) is 19.6. The number of hydrogen-bond acceptors (Lipinski definition) is 5. The smallest absolute Gasteiger partial charge is 0.309 e. The number of nitrogens with two attached hydrogens (primary N) is 1. The molecule has 1 aromatic carbocycles. The lowest BCUT2D eigenvalue weighted by molar-refractivity contribution is -0.149. The van der Waals surface area contributed by atoms with Gasteiger partial charge in [-0.15, -0.1) is 0 Å². The lowest BCUT2D eigenvalue weighted by Gasteiger charge is -2.30. The van der Waals surface area contributed by atoms with E-state index < -0.39 is 0 Å². The van der Waals surface area contributed by atoms with Gasteiger partial charge in [-0.1, -0.05) is 45.0 Å². The van der Waals surface area contributed by atoms with Crippen LogP contribution in [-0.2, 0) is 21.5 Å². The Bertz CT molecular complexity index is 1090. The number of rotatable bonds is 5. The van der Waals surface area contributed by atoms with Crippen molar-refractivity contribution in [1.82, 2.24) is 14.3 Å². The number of hydrogen-bond donors (Lipinski definition) is 1. The number of carbonyl (C=O) groups is 1. The van der Waals surface area contributed by atoms with Crippen molar-refractivity contribution in [1.29, 1.82) is 0 Å². The second kappa shape index (κ2) is 8.94. The van der Waals surface area contributed by atoms with E-state index in [1.807, 2.05) is 25.3 Å². The Hall–Kier alpha value is -2.86. The van der Waals surface area contributed by atoms with E-state index in [4.69, 9.17) is 15.5 Å². The number of aromatic nitrogens is 2. The molecule has 2 N–H and O–H groups in total. The van der Waals surface area contributed by atoms with Crippen molar-refractivity contribution in [2.45, 2.75) is 52.5 Å². The number of fused-ring (bicyclic) bond motifs is 1. The van der Waals surface area contributed by atoms with Gasteiger partial charge in [0.1, 0.15) is 5.65 Å². The van der Waals surface area contributed by atoms with Crippen LogP contribution in [0, 0.1) is 5.92 Å². The Kier molecular flexibility index (Phi) is 6.24. The van der Waals surface area contributed by atoms with Gasteiger partial charge in [0.05, 0.1) is 23.9 Å². The quantitative estimate of drug-likeness (QED) is 0.592. The molecule has 0 bridgehead atoms. The number of nitrogen functional groups attached to an aromatic ring is 1. The first-order chi connectivity index (χ1) is 15.3. The van der Waals surface area contributed by atoms with Crippen LogP contribution in [0.2, 0.25) is 0 Å². The molecule has 0 amide bonds. The number of likely N-dealkylation sites (tertiary alicyclic amines) is 1. The number of piperidine rings is 1. The second-order valence-electron chi connectivity index (χ2n) is 9.73. The van der Waals surface area contributed by atoms with Crippen LogP contribution in [0.15, 0.2) is 42.6 Å². The number of ether oxygens (including phenoxy) is 1. The van der Waals surface area contributed by atoms with Crippen molar-refractivity contribution in [2.75, 3.05) is 25.4 Å². The number of imidazole rings is 1. The molecule has 0 aliphatic carbocycles. The number of pyridine rings is 1. The topological polar surface area (TPSA) is 72.9 Å². The summed E-state index contributed by atoms with van der Waals surface area (Å²) < 4.78 is 7.33. The maximum Gasteiger partial charge on any atom is 0.309 e. The molecule has 2 aromatic heterocycles. The Labute approximate surface area is 190 Å². The molecule has 1 fully saturated rings. The number of nitrogens with zero attached hydrogens (tertiary/aromatic N) is 3. The van der Waals surface area contributed by atoms with Gasteiger partial charge in [-0.2, -0.15) is 0 Å². The summed E-state index contributed by atoms with van der Waals surface area (Å²) in [4.78, 5) is 19.5. The molecule has 3 aromatic rings. The van der Waals surface area contributed by atoms with Gasteiger partial charge in [0.15, 0.2) is 0 Å². The van der Waals surface area contributed by atoms with Gasteiger partial charge in [0.25, 0.3) is 0 Å². The molecule has 0 saturated carbocycles. The number of carbonyl (C=O) groups excluding carboxylic acids is 1. The van der Waals surface area contributed by atoms with Gasteiger partial charge in [-0.05, 0) is 56.0 Å². The largest absolute Gasteiger partial charge is 0.466 e. The molecule has 170 valence electrons. The van der Waals surface area contributed by atoms with Crippen molar-refractivity contribution in [3.63, 3.8) is 0 Å².